The van der Waals surface area contributed by atoms with Gasteiger partial charge in [-0.05, 0) is 115 Å². The maximum atomic E-state index is 12.5. The van der Waals surface area contributed by atoms with E-state index in [1.165, 1.54) is 0 Å². The summed E-state index contributed by atoms with van der Waals surface area (Å²) in [5.41, 5.74) is 2.28. The molecule has 2 heterocycles. The lowest BCUT2D eigenvalue weighted by molar-refractivity contribution is -0.127. The second kappa shape index (κ2) is 19.2. The lowest BCUT2D eigenvalue weighted by Crippen LogP contribution is -2.36. The van der Waals surface area contributed by atoms with Crippen LogP contribution in [0.5, 0.6) is 34.8 Å². The minimum Gasteiger partial charge on any atom is -0.489 e. The Kier molecular flexibility index (Phi) is 14.4. The normalized spacial score (nSPS) is 12.2. The molecule has 0 aliphatic rings. The summed E-state index contributed by atoms with van der Waals surface area (Å²) in [6.45, 7) is 11.8. The van der Waals surface area contributed by atoms with Crippen molar-refractivity contribution in [1.82, 2.24) is 20.6 Å². The molecule has 266 valence electrons. The summed E-state index contributed by atoms with van der Waals surface area (Å²) in [6, 6.07) is 22.9. The number of nitrogens with zero attached hydrogens (tertiary/aromatic N) is 2. The zero-order chi connectivity index (χ0) is 35.9. The van der Waals surface area contributed by atoms with Gasteiger partial charge in [0, 0.05) is 37.1 Å². The Labute approximate surface area is 295 Å². The standard InChI is InChI=1S/C40H50N4O6/c1-27(2)47-35-19-23-39(41-25-35)49-33-15-11-31(12-16-33)9-7-29(5)43-37(45)21-22-38(46)44-30(6)8-10-32-13-17-34(18-14-32)50-40-24-20-36(26-42-40)48-28(3)4/h11-20,23-30H,7-10,21-22H2,1-6H3,(H,43,45)(H,44,46)/t29-,30?/m1/s1. The van der Waals surface area contributed by atoms with Gasteiger partial charge in [-0.2, -0.15) is 0 Å². The number of nitrogens with one attached hydrogen (secondary N) is 2. The molecule has 0 radical (unpaired) electrons. The van der Waals surface area contributed by atoms with Crippen LogP contribution in [0.25, 0.3) is 0 Å². The molecule has 10 heteroatoms. The number of aromatic nitrogens is 2. The third kappa shape index (κ3) is 13.8. The molecule has 10 nitrogen and oxygen atoms in total. The van der Waals surface area contributed by atoms with Crippen LogP contribution in [0.2, 0.25) is 0 Å². The largest absolute Gasteiger partial charge is 0.489 e. The molecule has 4 rings (SSSR count). The fourth-order valence-corrected chi connectivity index (χ4v) is 5.06. The second-order valence-corrected chi connectivity index (χ2v) is 13.0. The summed E-state index contributed by atoms with van der Waals surface area (Å²) in [7, 11) is 0. The molecule has 0 fully saturated rings. The van der Waals surface area contributed by atoms with E-state index in [-0.39, 0.29) is 48.9 Å². The van der Waals surface area contributed by atoms with Gasteiger partial charge in [0.15, 0.2) is 0 Å². The average Bonchev–Trinajstić information content (AvgIpc) is 3.08. The van der Waals surface area contributed by atoms with Gasteiger partial charge in [0.1, 0.15) is 23.0 Å². The number of hydrogen-bond donors (Lipinski definition) is 2. The van der Waals surface area contributed by atoms with E-state index in [1.54, 1.807) is 24.5 Å². The number of carbonyl (C=O) groups excluding carboxylic acids is 2. The Hall–Kier alpha value is -5.12. The third-order valence-electron chi connectivity index (χ3n) is 7.58. The van der Waals surface area contributed by atoms with E-state index < -0.39 is 0 Å². The highest BCUT2D eigenvalue weighted by Crippen LogP contribution is 2.24. The van der Waals surface area contributed by atoms with Gasteiger partial charge in [-0.3, -0.25) is 9.59 Å². The predicted octanol–water partition coefficient (Wildman–Crippen LogP) is 7.99. The lowest BCUT2D eigenvalue weighted by atomic mass is 10.1. The molecule has 0 saturated carbocycles. The molecule has 0 spiro atoms. The van der Waals surface area contributed by atoms with E-state index in [1.807, 2.05) is 102 Å². The molecule has 2 amide bonds. The van der Waals surface area contributed by atoms with Gasteiger partial charge in [0.2, 0.25) is 23.6 Å². The van der Waals surface area contributed by atoms with E-state index in [4.69, 9.17) is 18.9 Å². The van der Waals surface area contributed by atoms with Gasteiger partial charge >= 0.3 is 0 Å². The van der Waals surface area contributed by atoms with E-state index in [0.717, 1.165) is 36.8 Å². The SMILES string of the molecule is CC(CCc1ccc(Oc2ccc(OC(C)C)cn2)cc1)NC(=O)CCC(=O)N[C@H](C)CCc1ccc(Oc2ccc(OC(C)C)cn2)cc1. The van der Waals surface area contributed by atoms with Crippen molar-refractivity contribution in [2.45, 2.75) is 104 Å². The number of pyridine rings is 2. The number of rotatable bonds is 19. The molecule has 0 bridgehead atoms. The van der Waals surface area contributed by atoms with Crippen molar-refractivity contribution in [2.75, 3.05) is 0 Å². The molecule has 2 atom stereocenters. The first-order valence-corrected chi connectivity index (χ1v) is 17.4. The van der Waals surface area contributed by atoms with Crippen LogP contribution in [0, 0.1) is 0 Å². The fourth-order valence-electron chi connectivity index (χ4n) is 5.06. The Morgan fingerprint density at radius 1 is 0.540 bits per heavy atom. The van der Waals surface area contributed by atoms with Crippen molar-refractivity contribution < 1.29 is 28.5 Å². The summed E-state index contributed by atoms with van der Waals surface area (Å²) in [5.74, 6) is 3.54. The van der Waals surface area contributed by atoms with Gasteiger partial charge < -0.3 is 29.6 Å². The molecular weight excluding hydrogens is 632 g/mol. The molecule has 0 saturated heterocycles. The molecule has 50 heavy (non-hydrogen) atoms. The summed E-state index contributed by atoms with van der Waals surface area (Å²) >= 11 is 0. The van der Waals surface area contributed by atoms with Crippen LogP contribution in [-0.4, -0.2) is 46.1 Å². The highest BCUT2D eigenvalue weighted by atomic mass is 16.5. The topological polar surface area (TPSA) is 121 Å². The van der Waals surface area contributed by atoms with Crippen molar-refractivity contribution in [2.24, 2.45) is 0 Å². The van der Waals surface area contributed by atoms with Crippen LogP contribution in [-0.2, 0) is 22.4 Å². The number of carbonyl (C=O) groups is 2. The molecule has 4 aromatic rings. The Bertz CT molecular complexity index is 1490. The summed E-state index contributed by atoms with van der Waals surface area (Å²) in [4.78, 5) is 33.6. The summed E-state index contributed by atoms with van der Waals surface area (Å²) in [6.07, 6.45) is 6.92. The van der Waals surface area contributed by atoms with Crippen LogP contribution in [0.3, 0.4) is 0 Å². The van der Waals surface area contributed by atoms with E-state index in [2.05, 4.69) is 20.6 Å². The van der Waals surface area contributed by atoms with E-state index in [9.17, 15) is 9.59 Å². The van der Waals surface area contributed by atoms with Gasteiger partial charge in [-0.1, -0.05) is 24.3 Å². The average molecular weight is 683 g/mol. The maximum Gasteiger partial charge on any atom is 0.220 e. The van der Waals surface area contributed by atoms with E-state index >= 15 is 0 Å². The quantitative estimate of drug-likeness (QED) is 0.102. The zero-order valence-corrected chi connectivity index (χ0v) is 30.0. The molecule has 2 aromatic carbocycles. The number of benzene rings is 2. The molecule has 2 N–H and O–H groups in total. The molecular formula is C40H50N4O6. The van der Waals surface area contributed by atoms with Crippen molar-refractivity contribution in [3.05, 3.63) is 96.3 Å². The second-order valence-electron chi connectivity index (χ2n) is 13.0. The van der Waals surface area contributed by atoms with Crippen LogP contribution in [0.4, 0.5) is 0 Å². The number of amides is 2. The van der Waals surface area contributed by atoms with Crippen molar-refractivity contribution in [1.29, 1.82) is 0 Å². The van der Waals surface area contributed by atoms with E-state index in [0.29, 0.717) is 34.8 Å². The van der Waals surface area contributed by atoms with Gasteiger partial charge in [0.25, 0.3) is 0 Å². The molecule has 2 aromatic heterocycles. The van der Waals surface area contributed by atoms with Gasteiger partial charge in [-0.15, -0.1) is 0 Å². The smallest absolute Gasteiger partial charge is 0.220 e. The Balaban J connectivity index is 1.08. The third-order valence-corrected chi connectivity index (χ3v) is 7.58. The monoisotopic (exact) mass is 682 g/mol. The minimum atomic E-state index is -0.126. The van der Waals surface area contributed by atoms with Gasteiger partial charge in [-0.25, -0.2) is 9.97 Å². The molecule has 1 unspecified atom stereocenters. The molecule has 0 aliphatic carbocycles. The molecule has 0 aliphatic heterocycles. The number of aryl methyl sites for hydroxylation is 2. The van der Waals surface area contributed by atoms with Crippen molar-refractivity contribution in [3.63, 3.8) is 0 Å². The predicted molar refractivity (Wildman–Crippen MR) is 194 cm³/mol. The summed E-state index contributed by atoms with van der Waals surface area (Å²) in [5, 5.41) is 6.03. The van der Waals surface area contributed by atoms with Crippen LogP contribution < -0.4 is 29.6 Å². The fraction of sp³-hybridized carbons (Fsp3) is 0.400. The number of ether oxygens (including phenoxy) is 4. The first kappa shape index (κ1) is 37.7. The van der Waals surface area contributed by atoms with Crippen LogP contribution >= 0.6 is 0 Å². The Morgan fingerprint density at radius 2 is 0.900 bits per heavy atom. The van der Waals surface area contributed by atoms with Crippen molar-refractivity contribution >= 4 is 11.8 Å². The highest BCUT2D eigenvalue weighted by molar-refractivity contribution is 5.83. The van der Waals surface area contributed by atoms with Crippen molar-refractivity contribution in [3.8, 4) is 34.8 Å². The summed E-state index contributed by atoms with van der Waals surface area (Å²) < 4.78 is 22.9. The first-order chi connectivity index (χ1) is 24.0. The van der Waals surface area contributed by atoms with Crippen LogP contribution in [0.15, 0.2) is 85.2 Å². The van der Waals surface area contributed by atoms with Crippen LogP contribution in [0.1, 0.15) is 78.4 Å². The maximum absolute atomic E-state index is 12.5. The minimum absolute atomic E-state index is 0.0194. The lowest BCUT2D eigenvalue weighted by Gasteiger charge is -2.16. The Morgan fingerprint density at radius 3 is 1.22 bits per heavy atom. The zero-order valence-electron chi connectivity index (χ0n) is 30.0. The highest BCUT2D eigenvalue weighted by Gasteiger charge is 2.13. The van der Waals surface area contributed by atoms with Gasteiger partial charge in [0.05, 0.1) is 24.6 Å². The number of hydrogen-bond acceptors (Lipinski definition) is 8. The first-order valence-electron chi connectivity index (χ1n) is 17.4.